The van der Waals surface area contributed by atoms with Crippen LogP contribution < -0.4 is 11.1 Å². The van der Waals surface area contributed by atoms with Gasteiger partial charge in [0.05, 0.1) is 7.11 Å². The normalized spacial score (nSPS) is 13.6. The monoisotopic (exact) mass is 278 g/mol. The van der Waals surface area contributed by atoms with Crippen molar-refractivity contribution in [2.24, 2.45) is 5.73 Å². The number of carbonyl (C=O) groups excluding carboxylic acids is 2. The van der Waals surface area contributed by atoms with Gasteiger partial charge in [-0.15, -0.1) is 0 Å². The Labute approximate surface area is 119 Å². The molecule has 0 radical (unpaired) electrons. The molecule has 0 aromatic heterocycles. The molecule has 1 rings (SSSR count). The van der Waals surface area contributed by atoms with Crippen LogP contribution in [0.1, 0.15) is 42.6 Å². The van der Waals surface area contributed by atoms with Gasteiger partial charge in [0.25, 0.3) is 0 Å². The molecule has 0 saturated heterocycles. The fraction of sp³-hybridized carbons (Fsp3) is 0.467. The first-order valence-electron chi connectivity index (χ1n) is 6.65. The molecule has 0 aliphatic carbocycles. The van der Waals surface area contributed by atoms with E-state index in [0.717, 1.165) is 12.0 Å². The van der Waals surface area contributed by atoms with Crippen molar-refractivity contribution in [3.8, 4) is 0 Å². The third-order valence-electron chi connectivity index (χ3n) is 3.28. The summed E-state index contributed by atoms with van der Waals surface area (Å²) in [6.45, 7) is 4.30. The molecule has 0 fully saturated rings. The van der Waals surface area contributed by atoms with E-state index in [-0.39, 0.29) is 5.97 Å². The maximum Gasteiger partial charge on any atom is 0.325 e. The van der Waals surface area contributed by atoms with E-state index in [2.05, 4.69) is 5.32 Å². The highest BCUT2D eigenvalue weighted by Gasteiger charge is 2.32. The Kier molecular flexibility index (Phi) is 5.70. The molecule has 0 saturated carbocycles. The lowest BCUT2D eigenvalue weighted by molar-refractivity contribution is -0.148. The standard InChI is InChI=1S/C15H22N2O3/c1-4-8-15(2,14(19)20-3)17-10-11-6-5-7-12(9-11)13(16)18/h5-7,9,17H,4,8,10H2,1-3H3,(H2,16,18). The molecule has 1 aromatic carbocycles. The molecule has 0 aliphatic rings. The Morgan fingerprint density at radius 1 is 1.40 bits per heavy atom. The summed E-state index contributed by atoms with van der Waals surface area (Å²) in [6.07, 6.45) is 1.54. The molecule has 1 atom stereocenters. The van der Waals surface area contributed by atoms with E-state index < -0.39 is 11.4 Å². The van der Waals surface area contributed by atoms with Gasteiger partial charge in [-0.25, -0.2) is 0 Å². The molecule has 1 unspecified atom stereocenters. The summed E-state index contributed by atoms with van der Waals surface area (Å²) in [5.74, 6) is -0.749. The van der Waals surface area contributed by atoms with Gasteiger partial charge in [-0.3, -0.25) is 14.9 Å². The molecule has 1 amide bonds. The van der Waals surface area contributed by atoms with E-state index in [4.69, 9.17) is 10.5 Å². The van der Waals surface area contributed by atoms with Crippen LogP contribution in [-0.2, 0) is 16.1 Å². The lowest BCUT2D eigenvalue weighted by Crippen LogP contribution is -2.49. The van der Waals surface area contributed by atoms with Gasteiger partial charge in [0.2, 0.25) is 5.91 Å². The summed E-state index contributed by atoms with van der Waals surface area (Å²) in [7, 11) is 1.38. The number of esters is 1. The van der Waals surface area contributed by atoms with Crippen LogP contribution in [0.3, 0.4) is 0 Å². The van der Waals surface area contributed by atoms with Crippen LogP contribution in [0.15, 0.2) is 24.3 Å². The Hall–Kier alpha value is -1.88. The molecule has 20 heavy (non-hydrogen) atoms. The lowest BCUT2D eigenvalue weighted by atomic mass is 9.95. The zero-order chi connectivity index (χ0) is 15.2. The van der Waals surface area contributed by atoms with Gasteiger partial charge in [-0.05, 0) is 31.0 Å². The third-order valence-corrected chi connectivity index (χ3v) is 3.28. The number of amides is 1. The van der Waals surface area contributed by atoms with E-state index >= 15 is 0 Å². The van der Waals surface area contributed by atoms with E-state index in [0.29, 0.717) is 18.5 Å². The minimum absolute atomic E-state index is 0.287. The quantitative estimate of drug-likeness (QED) is 0.742. The highest BCUT2D eigenvalue weighted by molar-refractivity contribution is 5.92. The molecule has 1 aromatic rings. The number of rotatable bonds is 7. The molecule has 0 heterocycles. The summed E-state index contributed by atoms with van der Waals surface area (Å²) in [6, 6.07) is 7.03. The zero-order valence-electron chi connectivity index (χ0n) is 12.2. The minimum atomic E-state index is -0.730. The lowest BCUT2D eigenvalue weighted by Gasteiger charge is -2.27. The van der Waals surface area contributed by atoms with Crippen LogP contribution in [0.5, 0.6) is 0 Å². The average Bonchev–Trinajstić information content (AvgIpc) is 2.45. The summed E-state index contributed by atoms with van der Waals surface area (Å²) >= 11 is 0. The van der Waals surface area contributed by atoms with Crippen LogP contribution in [0.4, 0.5) is 0 Å². The molecule has 110 valence electrons. The maximum atomic E-state index is 11.9. The number of benzene rings is 1. The number of nitrogens with two attached hydrogens (primary N) is 1. The number of nitrogens with one attached hydrogen (secondary N) is 1. The van der Waals surface area contributed by atoms with Crippen LogP contribution in [0.2, 0.25) is 0 Å². The second kappa shape index (κ2) is 7.05. The molecule has 0 bridgehead atoms. The minimum Gasteiger partial charge on any atom is -0.468 e. The van der Waals surface area contributed by atoms with Crippen molar-refractivity contribution in [1.82, 2.24) is 5.32 Å². The number of primary amides is 1. The van der Waals surface area contributed by atoms with E-state index in [1.165, 1.54) is 7.11 Å². The van der Waals surface area contributed by atoms with Crippen molar-refractivity contribution in [3.63, 3.8) is 0 Å². The van der Waals surface area contributed by atoms with Gasteiger partial charge in [0, 0.05) is 12.1 Å². The van der Waals surface area contributed by atoms with Gasteiger partial charge in [-0.1, -0.05) is 25.5 Å². The summed E-state index contributed by atoms with van der Waals surface area (Å²) in [4.78, 5) is 23.0. The second-order valence-electron chi connectivity index (χ2n) is 4.99. The van der Waals surface area contributed by atoms with E-state index in [1.54, 1.807) is 18.2 Å². The smallest absolute Gasteiger partial charge is 0.325 e. The van der Waals surface area contributed by atoms with Crippen molar-refractivity contribution in [2.45, 2.75) is 38.8 Å². The number of methoxy groups -OCH3 is 1. The van der Waals surface area contributed by atoms with Gasteiger partial charge >= 0.3 is 5.97 Å². The fourth-order valence-corrected chi connectivity index (χ4v) is 2.12. The molecule has 5 heteroatoms. The van der Waals surface area contributed by atoms with E-state index in [9.17, 15) is 9.59 Å². The SMILES string of the molecule is CCCC(C)(NCc1cccc(C(N)=O)c1)C(=O)OC. The van der Waals surface area contributed by atoms with E-state index in [1.807, 2.05) is 19.9 Å². The maximum absolute atomic E-state index is 11.9. The first-order valence-corrected chi connectivity index (χ1v) is 6.65. The predicted molar refractivity (Wildman–Crippen MR) is 77.1 cm³/mol. The summed E-state index contributed by atoms with van der Waals surface area (Å²) in [5.41, 5.74) is 5.87. The summed E-state index contributed by atoms with van der Waals surface area (Å²) < 4.78 is 4.84. The Morgan fingerprint density at radius 2 is 2.10 bits per heavy atom. The number of hydrogen-bond donors (Lipinski definition) is 2. The first-order chi connectivity index (χ1) is 9.42. The number of ether oxygens (including phenoxy) is 1. The third kappa shape index (κ3) is 4.06. The second-order valence-corrected chi connectivity index (χ2v) is 4.99. The van der Waals surface area contributed by atoms with Crippen LogP contribution in [0, 0.1) is 0 Å². The van der Waals surface area contributed by atoms with Crippen molar-refractivity contribution in [1.29, 1.82) is 0 Å². The molecule has 0 spiro atoms. The van der Waals surface area contributed by atoms with Crippen molar-refractivity contribution in [3.05, 3.63) is 35.4 Å². The van der Waals surface area contributed by atoms with Crippen molar-refractivity contribution < 1.29 is 14.3 Å². The van der Waals surface area contributed by atoms with Gasteiger partial charge in [0.15, 0.2) is 0 Å². The van der Waals surface area contributed by atoms with Gasteiger partial charge < -0.3 is 10.5 Å². The zero-order valence-corrected chi connectivity index (χ0v) is 12.2. The van der Waals surface area contributed by atoms with Crippen LogP contribution in [-0.4, -0.2) is 24.5 Å². The van der Waals surface area contributed by atoms with Gasteiger partial charge in [0.1, 0.15) is 5.54 Å². The van der Waals surface area contributed by atoms with Crippen LogP contribution >= 0.6 is 0 Å². The molecule has 0 aliphatic heterocycles. The Balaban J connectivity index is 2.80. The first kappa shape index (κ1) is 16.2. The predicted octanol–water partition coefficient (Wildman–Crippen LogP) is 1.61. The summed E-state index contributed by atoms with van der Waals surface area (Å²) in [5, 5.41) is 3.20. The molecular weight excluding hydrogens is 256 g/mol. The fourth-order valence-electron chi connectivity index (χ4n) is 2.12. The largest absolute Gasteiger partial charge is 0.468 e. The Bertz CT molecular complexity index is 488. The van der Waals surface area contributed by atoms with Gasteiger partial charge in [-0.2, -0.15) is 0 Å². The Morgan fingerprint density at radius 3 is 2.65 bits per heavy atom. The highest BCUT2D eigenvalue weighted by Crippen LogP contribution is 2.16. The number of hydrogen-bond acceptors (Lipinski definition) is 4. The highest BCUT2D eigenvalue weighted by atomic mass is 16.5. The number of carbonyl (C=O) groups is 2. The average molecular weight is 278 g/mol. The van der Waals surface area contributed by atoms with Crippen molar-refractivity contribution in [2.75, 3.05) is 7.11 Å². The molecule has 5 nitrogen and oxygen atoms in total. The molecule has 3 N–H and O–H groups in total. The van der Waals surface area contributed by atoms with Crippen LogP contribution in [0.25, 0.3) is 0 Å². The molecular formula is C15H22N2O3. The van der Waals surface area contributed by atoms with Crippen molar-refractivity contribution >= 4 is 11.9 Å². The topological polar surface area (TPSA) is 81.4 Å².